The average molecular weight is 273 g/mol. The van der Waals surface area contributed by atoms with Gasteiger partial charge in [0.2, 0.25) is 0 Å². The van der Waals surface area contributed by atoms with Crippen molar-refractivity contribution in [1.82, 2.24) is 5.32 Å². The summed E-state index contributed by atoms with van der Waals surface area (Å²) in [6.45, 7) is 4.62. The van der Waals surface area contributed by atoms with Gasteiger partial charge < -0.3 is 10.1 Å². The van der Waals surface area contributed by atoms with Crippen LogP contribution in [0.25, 0.3) is 0 Å². The van der Waals surface area contributed by atoms with E-state index in [-0.39, 0.29) is 0 Å². The zero-order valence-corrected chi connectivity index (χ0v) is 12.9. The molecule has 0 amide bonds. The maximum atomic E-state index is 5.48. The van der Waals surface area contributed by atoms with Gasteiger partial charge in [-0.2, -0.15) is 0 Å². The molecule has 0 spiro atoms. The third-order valence-electron chi connectivity index (χ3n) is 5.55. The minimum Gasteiger partial charge on any atom is -0.496 e. The number of benzene rings is 1. The lowest BCUT2D eigenvalue weighted by molar-refractivity contribution is 0.247. The van der Waals surface area contributed by atoms with Crippen LogP contribution >= 0.6 is 0 Å². The molecule has 5 unspecified atom stereocenters. The highest BCUT2D eigenvalue weighted by atomic mass is 16.5. The fourth-order valence-electron chi connectivity index (χ4n) is 4.54. The van der Waals surface area contributed by atoms with E-state index in [1.165, 1.54) is 31.2 Å². The number of methoxy groups -OCH3 is 1. The normalized spacial score (nSPS) is 31.2. The molecular weight excluding hydrogens is 246 g/mol. The zero-order chi connectivity index (χ0) is 14.1. The Hall–Kier alpha value is -1.02. The van der Waals surface area contributed by atoms with Crippen molar-refractivity contribution in [3.8, 4) is 5.75 Å². The average Bonchev–Trinajstić information content (AvgIpc) is 3.09. The minimum absolute atomic E-state index is 0.347. The first-order valence-electron chi connectivity index (χ1n) is 8.08. The lowest BCUT2D eigenvalue weighted by Crippen LogP contribution is -2.37. The van der Waals surface area contributed by atoms with Gasteiger partial charge in [0, 0.05) is 17.6 Å². The molecule has 20 heavy (non-hydrogen) atoms. The summed E-state index contributed by atoms with van der Waals surface area (Å²) in [4.78, 5) is 0. The second-order valence-corrected chi connectivity index (χ2v) is 6.76. The SMILES string of the molecule is COc1ccccc1C(C)NC(C)C1CC2CCC1C2. The summed E-state index contributed by atoms with van der Waals surface area (Å²) in [6.07, 6.45) is 5.87. The summed E-state index contributed by atoms with van der Waals surface area (Å²) in [7, 11) is 1.75. The van der Waals surface area contributed by atoms with Crippen molar-refractivity contribution in [3.05, 3.63) is 29.8 Å². The van der Waals surface area contributed by atoms with Crippen molar-refractivity contribution < 1.29 is 4.74 Å². The molecule has 1 N–H and O–H groups in total. The van der Waals surface area contributed by atoms with E-state index in [9.17, 15) is 0 Å². The second kappa shape index (κ2) is 5.77. The van der Waals surface area contributed by atoms with Gasteiger partial charge in [0.25, 0.3) is 0 Å². The van der Waals surface area contributed by atoms with Crippen LogP contribution in [0.3, 0.4) is 0 Å². The number of ether oxygens (including phenoxy) is 1. The van der Waals surface area contributed by atoms with Crippen molar-refractivity contribution in [3.63, 3.8) is 0 Å². The fourth-order valence-corrected chi connectivity index (χ4v) is 4.54. The number of nitrogens with one attached hydrogen (secondary N) is 1. The van der Waals surface area contributed by atoms with Gasteiger partial charge in [-0.3, -0.25) is 0 Å². The van der Waals surface area contributed by atoms with Crippen molar-refractivity contribution in [1.29, 1.82) is 0 Å². The molecule has 0 radical (unpaired) electrons. The lowest BCUT2D eigenvalue weighted by Gasteiger charge is -2.31. The first-order chi connectivity index (χ1) is 9.69. The molecular formula is C18H27NO. The summed E-state index contributed by atoms with van der Waals surface area (Å²) in [6, 6.07) is 9.30. The van der Waals surface area contributed by atoms with Crippen LogP contribution in [-0.4, -0.2) is 13.2 Å². The predicted molar refractivity (Wildman–Crippen MR) is 82.9 cm³/mol. The fraction of sp³-hybridized carbons (Fsp3) is 0.667. The quantitative estimate of drug-likeness (QED) is 0.869. The summed E-state index contributed by atoms with van der Waals surface area (Å²) in [5.41, 5.74) is 1.27. The van der Waals surface area contributed by atoms with Crippen LogP contribution < -0.4 is 10.1 Å². The van der Waals surface area contributed by atoms with Gasteiger partial charge in [-0.25, -0.2) is 0 Å². The molecule has 2 aliphatic carbocycles. The molecule has 110 valence electrons. The Kier molecular flexibility index (Phi) is 4.02. The van der Waals surface area contributed by atoms with Crippen molar-refractivity contribution in [2.75, 3.05) is 7.11 Å². The van der Waals surface area contributed by atoms with Crippen molar-refractivity contribution in [2.45, 2.75) is 51.6 Å². The summed E-state index contributed by atoms with van der Waals surface area (Å²) >= 11 is 0. The van der Waals surface area contributed by atoms with Gasteiger partial charge in [0.1, 0.15) is 5.75 Å². The molecule has 2 nitrogen and oxygen atoms in total. The molecule has 2 aliphatic rings. The lowest BCUT2D eigenvalue weighted by atomic mass is 9.83. The Balaban J connectivity index is 1.65. The highest BCUT2D eigenvalue weighted by Crippen LogP contribution is 2.49. The maximum Gasteiger partial charge on any atom is 0.123 e. The van der Waals surface area contributed by atoms with Crippen LogP contribution in [0, 0.1) is 17.8 Å². The molecule has 1 aromatic carbocycles. The van der Waals surface area contributed by atoms with E-state index < -0.39 is 0 Å². The summed E-state index contributed by atoms with van der Waals surface area (Å²) in [5, 5.41) is 3.82. The molecule has 2 saturated carbocycles. The van der Waals surface area contributed by atoms with E-state index in [4.69, 9.17) is 4.74 Å². The molecule has 0 aliphatic heterocycles. The Bertz CT molecular complexity index is 458. The number of hydrogen-bond acceptors (Lipinski definition) is 2. The third-order valence-corrected chi connectivity index (χ3v) is 5.55. The van der Waals surface area contributed by atoms with Crippen LogP contribution in [0.2, 0.25) is 0 Å². The van der Waals surface area contributed by atoms with Gasteiger partial charge in [0.15, 0.2) is 0 Å². The highest BCUT2D eigenvalue weighted by molar-refractivity contribution is 5.35. The molecule has 2 bridgehead atoms. The van der Waals surface area contributed by atoms with Crippen LogP contribution in [0.4, 0.5) is 0 Å². The number of hydrogen-bond donors (Lipinski definition) is 1. The van der Waals surface area contributed by atoms with Gasteiger partial charge in [-0.1, -0.05) is 24.6 Å². The van der Waals surface area contributed by atoms with E-state index in [1.54, 1.807) is 7.11 Å². The van der Waals surface area contributed by atoms with Gasteiger partial charge >= 0.3 is 0 Å². The molecule has 0 aromatic heterocycles. The van der Waals surface area contributed by atoms with Gasteiger partial charge in [-0.05, 0) is 56.9 Å². The van der Waals surface area contributed by atoms with Crippen molar-refractivity contribution >= 4 is 0 Å². The van der Waals surface area contributed by atoms with Gasteiger partial charge in [-0.15, -0.1) is 0 Å². The molecule has 3 rings (SSSR count). The second-order valence-electron chi connectivity index (χ2n) is 6.76. The Morgan fingerprint density at radius 1 is 1.15 bits per heavy atom. The van der Waals surface area contributed by atoms with E-state index in [0.717, 1.165) is 23.5 Å². The highest BCUT2D eigenvalue weighted by Gasteiger charge is 2.41. The van der Waals surface area contributed by atoms with E-state index in [1.807, 2.05) is 6.07 Å². The van der Waals surface area contributed by atoms with Crippen LogP contribution in [0.15, 0.2) is 24.3 Å². The molecule has 5 atom stereocenters. The minimum atomic E-state index is 0.347. The zero-order valence-electron chi connectivity index (χ0n) is 12.9. The first kappa shape index (κ1) is 13.9. The predicted octanol–water partition coefficient (Wildman–Crippen LogP) is 4.17. The summed E-state index contributed by atoms with van der Waals surface area (Å²) < 4.78 is 5.48. The molecule has 1 aromatic rings. The maximum absolute atomic E-state index is 5.48. The van der Waals surface area contributed by atoms with Crippen molar-refractivity contribution in [2.24, 2.45) is 17.8 Å². The number of fused-ring (bicyclic) bond motifs is 2. The standard InChI is InChI=1S/C18H27NO/c1-12(16-6-4-5-7-18(16)20-3)19-13(2)17-11-14-8-9-15(17)10-14/h4-7,12-15,17,19H,8-11H2,1-3H3. The third kappa shape index (κ3) is 2.58. The van der Waals surface area contributed by atoms with Crippen LogP contribution in [-0.2, 0) is 0 Å². The molecule has 0 heterocycles. The molecule has 0 saturated heterocycles. The number of para-hydroxylation sites is 1. The monoisotopic (exact) mass is 273 g/mol. The van der Waals surface area contributed by atoms with E-state index >= 15 is 0 Å². The smallest absolute Gasteiger partial charge is 0.123 e. The summed E-state index contributed by atoms with van der Waals surface area (Å²) in [5.74, 6) is 3.88. The Labute approximate surface area is 122 Å². The Morgan fingerprint density at radius 2 is 1.95 bits per heavy atom. The van der Waals surface area contributed by atoms with Crippen LogP contribution in [0.5, 0.6) is 5.75 Å². The van der Waals surface area contributed by atoms with Gasteiger partial charge in [0.05, 0.1) is 7.11 Å². The number of rotatable bonds is 5. The topological polar surface area (TPSA) is 21.3 Å². The van der Waals surface area contributed by atoms with E-state index in [2.05, 4.69) is 37.4 Å². The first-order valence-corrected chi connectivity index (χ1v) is 8.08. The molecule has 2 fully saturated rings. The Morgan fingerprint density at radius 3 is 2.60 bits per heavy atom. The molecule has 2 heteroatoms. The van der Waals surface area contributed by atoms with E-state index in [0.29, 0.717) is 12.1 Å². The van der Waals surface area contributed by atoms with Crippen LogP contribution in [0.1, 0.15) is 51.1 Å². The largest absolute Gasteiger partial charge is 0.496 e.